The molecule has 1 atom stereocenters. The fourth-order valence-electron chi connectivity index (χ4n) is 8.54. The van der Waals surface area contributed by atoms with Crippen molar-refractivity contribution < 1.29 is 34.1 Å². The molecule has 3 N–H and O–H groups in total. The molecule has 280 valence electrons. The van der Waals surface area contributed by atoms with E-state index in [1.807, 2.05) is 40.1 Å². The first-order chi connectivity index (χ1) is 25.1. The minimum absolute atomic E-state index is 0.00800. The smallest absolute Gasteiger partial charge is 0.410 e. The molecule has 0 radical (unpaired) electrons. The molecule has 3 fully saturated rings. The number of hydrogen-bond donors (Lipinski definition) is 3. The van der Waals surface area contributed by atoms with E-state index in [2.05, 4.69) is 16.8 Å². The van der Waals surface area contributed by atoms with Gasteiger partial charge in [0.05, 0.1) is 6.42 Å². The van der Waals surface area contributed by atoms with Gasteiger partial charge in [0.1, 0.15) is 5.75 Å². The molecule has 0 bridgehead atoms. The Morgan fingerprint density at radius 1 is 0.942 bits per heavy atom. The summed E-state index contributed by atoms with van der Waals surface area (Å²) in [5, 5.41) is 22.6. The average molecular weight is 716 g/mol. The number of rotatable bonds is 10. The highest BCUT2D eigenvalue weighted by atomic mass is 16.6. The summed E-state index contributed by atoms with van der Waals surface area (Å²) in [6.07, 6.45) is 6.18. The van der Waals surface area contributed by atoms with E-state index in [-0.39, 0.29) is 36.6 Å². The summed E-state index contributed by atoms with van der Waals surface area (Å²) in [7, 11) is 0. The molecule has 52 heavy (non-hydrogen) atoms. The lowest BCUT2D eigenvalue weighted by Crippen LogP contribution is -2.52. The highest BCUT2D eigenvalue weighted by Crippen LogP contribution is 2.34. The standard InChI is InChI=1S/C40H53N5O7/c1-3-29-25-28(24-27(2)37(29)48)26-35(38(49)43-19-10-31(11-20-43)30-8-16-42(17-9-30)18-15-36(46)47)52-40(51)44-21-13-33(14-22-44)45-23-12-32-6-4-5-7-34(32)41-39(45)50/h3-7,24-25,30-31,33,35,48H,1,8-23,26H2,2H3,(H,41,50)(H,46,47)/t35-/m1/s1. The van der Waals surface area contributed by atoms with Crippen LogP contribution in [0.4, 0.5) is 15.3 Å². The average Bonchev–Trinajstić information content (AvgIpc) is 3.33. The molecule has 2 aromatic carbocycles. The number of aromatic hydroxyl groups is 1. The van der Waals surface area contributed by atoms with Gasteiger partial charge in [-0.15, -0.1) is 0 Å². The number of likely N-dealkylation sites (tertiary alicyclic amines) is 3. The van der Waals surface area contributed by atoms with Crippen molar-refractivity contribution in [1.29, 1.82) is 0 Å². The molecule has 0 aromatic heterocycles. The molecule has 3 saturated heterocycles. The van der Waals surface area contributed by atoms with Crippen LogP contribution < -0.4 is 5.32 Å². The molecule has 4 aliphatic heterocycles. The zero-order chi connectivity index (χ0) is 36.8. The second-order valence-electron chi connectivity index (χ2n) is 14.9. The number of carbonyl (C=O) groups excluding carboxylic acids is 3. The molecular formula is C40H53N5O7. The van der Waals surface area contributed by atoms with Gasteiger partial charge in [-0.3, -0.25) is 9.59 Å². The van der Waals surface area contributed by atoms with Crippen LogP contribution in [-0.2, 0) is 27.2 Å². The number of ether oxygens (including phenoxy) is 1. The van der Waals surface area contributed by atoms with Gasteiger partial charge in [-0.05, 0) is 106 Å². The number of urea groups is 1. The van der Waals surface area contributed by atoms with E-state index in [0.717, 1.165) is 62.0 Å². The Balaban J connectivity index is 1.07. The van der Waals surface area contributed by atoms with Gasteiger partial charge < -0.3 is 39.9 Å². The van der Waals surface area contributed by atoms with Gasteiger partial charge in [-0.25, -0.2) is 9.59 Å². The highest BCUT2D eigenvalue weighted by Gasteiger charge is 2.37. The maximum absolute atomic E-state index is 14.2. The number of anilines is 1. The van der Waals surface area contributed by atoms with Crippen LogP contribution in [0.2, 0.25) is 0 Å². The lowest BCUT2D eigenvalue weighted by atomic mass is 9.78. The summed E-state index contributed by atoms with van der Waals surface area (Å²) in [6, 6.07) is 11.3. The number of aliphatic carboxylic acids is 1. The van der Waals surface area contributed by atoms with Crippen LogP contribution in [-0.4, -0.2) is 118 Å². The number of hydrogen-bond acceptors (Lipinski definition) is 7. The Labute approximate surface area is 306 Å². The quantitative estimate of drug-likeness (QED) is 0.298. The summed E-state index contributed by atoms with van der Waals surface area (Å²) < 4.78 is 6.08. The van der Waals surface area contributed by atoms with Gasteiger partial charge in [0, 0.05) is 63.0 Å². The topological polar surface area (TPSA) is 143 Å². The van der Waals surface area contributed by atoms with Crippen LogP contribution in [0.25, 0.3) is 6.08 Å². The number of nitrogens with zero attached hydrogens (tertiary/aromatic N) is 4. The van der Waals surface area contributed by atoms with Crippen LogP contribution in [0.15, 0.2) is 43.0 Å². The molecule has 2 aromatic rings. The van der Waals surface area contributed by atoms with Gasteiger partial charge in [0.2, 0.25) is 0 Å². The number of carboxylic acid groups (broad SMARTS) is 1. The number of carboxylic acids is 1. The largest absolute Gasteiger partial charge is 0.507 e. The number of phenols is 1. The van der Waals surface area contributed by atoms with Crippen molar-refractivity contribution in [2.24, 2.45) is 11.8 Å². The van der Waals surface area contributed by atoms with Crippen molar-refractivity contribution in [1.82, 2.24) is 19.6 Å². The van der Waals surface area contributed by atoms with E-state index in [0.29, 0.717) is 75.1 Å². The third-order valence-electron chi connectivity index (χ3n) is 11.6. The molecule has 0 spiro atoms. The van der Waals surface area contributed by atoms with Gasteiger partial charge in [0.15, 0.2) is 6.10 Å². The maximum Gasteiger partial charge on any atom is 0.410 e. The van der Waals surface area contributed by atoms with E-state index < -0.39 is 18.2 Å². The summed E-state index contributed by atoms with van der Waals surface area (Å²) in [4.78, 5) is 59.6. The monoisotopic (exact) mass is 715 g/mol. The highest BCUT2D eigenvalue weighted by molar-refractivity contribution is 5.91. The van der Waals surface area contributed by atoms with E-state index in [1.54, 1.807) is 24.0 Å². The molecule has 12 nitrogen and oxygen atoms in total. The van der Waals surface area contributed by atoms with Crippen LogP contribution in [0.1, 0.15) is 67.2 Å². The molecule has 0 unspecified atom stereocenters. The van der Waals surface area contributed by atoms with Crippen LogP contribution in [0.3, 0.4) is 0 Å². The molecule has 4 heterocycles. The summed E-state index contributed by atoms with van der Waals surface area (Å²) in [5.74, 6) is 0.223. The lowest BCUT2D eigenvalue weighted by molar-refractivity contribution is -0.143. The predicted molar refractivity (Wildman–Crippen MR) is 198 cm³/mol. The maximum atomic E-state index is 14.2. The van der Waals surface area contributed by atoms with E-state index in [9.17, 15) is 24.3 Å². The Morgan fingerprint density at radius 2 is 1.60 bits per heavy atom. The number of piperidine rings is 3. The molecule has 12 heteroatoms. The number of amides is 4. The molecule has 4 aliphatic rings. The van der Waals surface area contributed by atoms with Gasteiger partial charge >= 0.3 is 18.1 Å². The van der Waals surface area contributed by atoms with Crippen molar-refractivity contribution in [3.05, 3.63) is 65.2 Å². The molecule has 6 rings (SSSR count). The normalized spacial score (nSPS) is 20.1. The minimum atomic E-state index is -1.03. The van der Waals surface area contributed by atoms with E-state index >= 15 is 0 Å². The molecule has 0 aliphatic carbocycles. The zero-order valence-corrected chi connectivity index (χ0v) is 30.3. The van der Waals surface area contributed by atoms with Crippen molar-refractivity contribution in [3.8, 4) is 5.75 Å². The van der Waals surface area contributed by atoms with Gasteiger partial charge in [-0.2, -0.15) is 0 Å². The van der Waals surface area contributed by atoms with Crippen LogP contribution in [0.5, 0.6) is 5.75 Å². The second-order valence-corrected chi connectivity index (χ2v) is 14.9. The Morgan fingerprint density at radius 3 is 2.27 bits per heavy atom. The third-order valence-corrected chi connectivity index (χ3v) is 11.6. The molecule has 4 amide bonds. The molecule has 0 saturated carbocycles. The van der Waals surface area contributed by atoms with Crippen molar-refractivity contribution >= 4 is 35.8 Å². The number of para-hydroxylation sites is 1. The van der Waals surface area contributed by atoms with Crippen molar-refractivity contribution in [3.63, 3.8) is 0 Å². The van der Waals surface area contributed by atoms with E-state index in [1.165, 1.54) is 0 Å². The van der Waals surface area contributed by atoms with Crippen molar-refractivity contribution in [2.75, 3.05) is 57.7 Å². The van der Waals surface area contributed by atoms with Crippen LogP contribution in [0, 0.1) is 18.8 Å². The number of benzene rings is 2. The first kappa shape index (κ1) is 37.2. The number of aryl methyl sites for hydroxylation is 1. The SMILES string of the molecule is C=Cc1cc(C[C@@H](OC(=O)N2CCC(N3CCc4ccccc4NC3=O)CC2)C(=O)N2CCC(C3CCN(CCC(=O)O)CC3)CC2)cc(C)c1O. The first-order valence-electron chi connectivity index (χ1n) is 18.9. The van der Waals surface area contributed by atoms with E-state index in [4.69, 9.17) is 9.84 Å². The number of carbonyl (C=O) groups is 4. The summed E-state index contributed by atoms with van der Waals surface area (Å²) >= 11 is 0. The fraction of sp³-hybridized carbons (Fsp3) is 0.550. The minimum Gasteiger partial charge on any atom is -0.507 e. The number of phenolic OH excluding ortho intramolecular Hbond substituents is 1. The lowest BCUT2D eigenvalue weighted by Gasteiger charge is -2.41. The Hall–Kier alpha value is -4.58. The van der Waals surface area contributed by atoms with Gasteiger partial charge in [-0.1, -0.05) is 36.9 Å². The summed E-state index contributed by atoms with van der Waals surface area (Å²) in [5.41, 5.74) is 3.94. The first-order valence-corrected chi connectivity index (χ1v) is 18.9. The number of nitrogens with one attached hydrogen (secondary N) is 1. The molecular weight excluding hydrogens is 662 g/mol. The summed E-state index contributed by atoms with van der Waals surface area (Å²) in [6.45, 7) is 10.6. The Kier molecular flexibility index (Phi) is 12.0. The second kappa shape index (κ2) is 16.8. The third kappa shape index (κ3) is 8.89. The van der Waals surface area contributed by atoms with Crippen LogP contribution >= 0.6 is 0 Å². The zero-order valence-electron chi connectivity index (χ0n) is 30.3. The Bertz CT molecular complexity index is 1620. The fourth-order valence-corrected chi connectivity index (χ4v) is 8.54. The van der Waals surface area contributed by atoms with Crippen molar-refractivity contribution in [2.45, 2.75) is 76.9 Å². The predicted octanol–water partition coefficient (Wildman–Crippen LogP) is 5.37. The number of fused-ring (bicyclic) bond motifs is 1. The van der Waals surface area contributed by atoms with Gasteiger partial charge in [0.25, 0.3) is 5.91 Å².